The van der Waals surface area contributed by atoms with E-state index in [9.17, 15) is 29.6 Å². The maximum absolute atomic E-state index is 11.9. The van der Waals surface area contributed by atoms with E-state index in [1.807, 2.05) is 0 Å². The van der Waals surface area contributed by atoms with Gasteiger partial charge in [-0.05, 0) is 31.4 Å². The first-order valence-electron chi connectivity index (χ1n) is 8.29. The van der Waals surface area contributed by atoms with Crippen molar-refractivity contribution in [3.05, 3.63) is 73.7 Å². The smallest absolute Gasteiger partial charge is 0.283 e. The van der Waals surface area contributed by atoms with Crippen LogP contribution in [-0.2, 0) is 0 Å². The van der Waals surface area contributed by atoms with E-state index in [2.05, 4.69) is 10.6 Å². The summed E-state index contributed by atoms with van der Waals surface area (Å²) in [4.78, 5) is 46.1. The van der Waals surface area contributed by atoms with Crippen LogP contribution in [-0.4, -0.2) is 39.6 Å². The topological polar surface area (TPSA) is 145 Å². The number of nitrogens with zero attached hydrogens (tertiary/aromatic N) is 2. The minimum atomic E-state index is -0.801. The standard InChI is InChI=1S/C17H19N4O6/c22-14-8-4-6-12(20(14)26)16(24)18-10-2-1-3-11-19-17(25)13-7-5-9-15(23)21(13)27/h4-9,26H,1-3,10-11H2,(H,18,24)(H,19,25)/q-1. The summed E-state index contributed by atoms with van der Waals surface area (Å²) >= 11 is 0. The minimum absolute atomic E-state index is 0.0369. The fourth-order valence-electron chi connectivity index (χ4n) is 2.31. The lowest BCUT2D eigenvalue weighted by atomic mass is 10.2. The molecule has 0 aliphatic heterocycles. The predicted octanol–water partition coefficient (Wildman–Crippen LogP) is -0.0767. The number of nitrogens with one attached hydrogen (secondary N) is 2. The largest absolute Gasteiger partial charge is 0.803 e. The van der Waals surface area contributed by atoms with Crippen LogP contribution < -0.4 is 21.8 Å². The molecule has 3 N–H and O–H groups in total. The van der Waals surface area contributed by atoms with Gasteiger partial charge in [-0.2, -0.15) is 0 Å². The fraction of sp³-hybridized carbons (Fsp3) is 0.294. The van der Waals surface area contributed by atoms with E-state index in [0.717, 1.165) is 12.1 Å². The number of hydrogen-bond acceptors (Lipinski definition) is 6. The molecule has 0 unspecified atom stereocenters. The summed E-state index contributed by atoms with van der Waals surface area (Å²) in [6.07, 6.45) is 1.90. The molecule has 27 heavy (non-hydrogen) atoms. The molecule has 0 aliphatic rings. The highest BCUT2D eigenvalue weighted by Crippen LogP contribution is 1.98. The molecule has 10 nitrogen and oxygen atoms in total. The van der Waals surface area contributed by atoms with Crippen LogP contribution in [0.2, 0.25) is 0 Å². The van der Waals surface area contributed by atoms with Crippen LogP contribution in [0, 0.1) is 5.21 Å². The van der Waals surface area contributed by atoms with Gasteiger partial charge in [0.2, 0.25) is 5.56 Å². The highest BCUT2D eigenvalue weighted by Gasteiger charge is 2.10. The molecule has 0 atom stereocenters. The van der Waals surface area contributed by atoms with Crippen LogP contribution >= 0.6 is 0 Å². The molecule has 2 aromatic heterocycles. The molecule has 0 saturated carbocycles. The lowest BCUT2D eigenvalue weighted by Gasteiger charge is -2.15. The number of aromatic nitrogens is 2. The second kappa shape index (κ2) is 9.22. The zero-order valence-electron chi connectivity index (χ0n) is 14.4. The lowest BCUT2D eigenvalue weighted by molar-refractivity contribution is 0.0890. The van der Waals surface area contributed by atoms with Crippen molar-refractivity contribution < 1.29 is 14.8 Å². The van der Waals surface area contributed by atoms with Gasteiger partial charge in [-0.3, -0.25) is 19.2 Å². The van der Waals surface area contributed by atoms with Crippen molar-refractivity contribution in [1.29, 1.82) is 0 Å². The van der Waals surface area contributed by atoms with Crippen LogP contribution in [0.3, 0.4) is 0 Å². The summed E-state index contributed by atoms with van der Waals surface area (Å²) in [5, 5.41) is 26.1. The molecule has 2 amide bonds. The van der Waals surface area contributed by atoms with E-state index in [-0.39, 0.29) is 20.8 Å². The van der Waals surface area contributed by atoms with Crippen LogP contribution in [0.4, 0.5) is 0 Å². The van der Waals surface area contributed by atoms with Crippen molar-refractivity contribution in [1.82, 2.24) is 20.1 Å². The highest BCUT2D eigenvalue weighted by molar-refractivity contribution is 5.92. The zero-order valence-corrected chi connectivity index (χ0v) is 14.4. The van der Waals surface area contributed by atoms with Crippen molar-refractivity contribution in [2.75, 3.05) is 13.1 Å². The number of carbonyl (C=O) groups excluding carboxylic acids is 2. The molecule has 0 radical (unpaired) electrons. The lowest BCUT2D eigenvalue weighted by Crippen LogP contribution is -2.31. The Morgan fingerprint density at radius 2 is 1.37 bits per heavy atom. The van der Waals surface area contributed by atoms with E-state index in [1.54, 1.807) is 0 Å². The molecule has 2 rings (SSSR count). The van der Waals surface area contributed by atoms with Gasteiger partial charge in [-0.15, -0.1) is 4.73 Å². The first-order valence-corrected chi connectivity index (χ1v) is 8.29. The Bertz CT molecular complexity index is 858. The summed E-state index contributed by atoms with van der Waals surface area (Å²) in [5.74, 6) is -1.19. The van der Waals surface area contributed by atoms with Crippen LogP contribution in [0.15, 0.2) is 46.0 Å². The third-order valence-electron chi connectivity index (χ3n) is 3.73. The first kappa shape index (κ1) is 19.8. The van der Waals surface area contributed by atoms with Gasteiger partial charge in [0.05, 0.1) is 0 Å². The van der Waals surface area contributed by atoms with Crippen LogP contribution in [0.25, 0.3) is 0 Å². The Kier molecular flexibility index (Phi) is 6.75. The van der Waals surface area contributed by atoms with Gasteiger partial charge in [-0.1, -0.05) is 12.1 Å². The maximum atomic E-state index is 11.9. The normalized spacial score (nSPS) is 10.4. The second-order valence-corrected chi connectivity index (χ2v) is 5.68. The average molecular weight is 375 g/mol. The molecule has 2 heterocycles. The van der Waals surface area contributed by atoms with Crippen LogP contribution in [0.5, 0.6) is 0 Å². The number of hydrogen-bond donors (Lipinski definition) is 3. The van der Waals surface area contributed by atoms with E-state index >= 15 is 0 Å². The Hall–Kier alpha value is -3.56. The molecule has 10 heteroatoms. The number of pyridine rings is 2. The van der Waals surface area contributed by atoms with Gasteiger partial charge in [0.25, 0.3) is 17.4 Å². The Labute approximate surface area is 153 Å². The summed E-state index contributed by atoms with van der Waals surface area (Å²) < 4.78 is 0.319. The molecule has 0 aromatic carbocycles. The SMILES string of the molecule is O=C(NCCCCCNC(=O)c1cccc(=O)n1O)c1cccc(=O)n1[O-]. The molecule has 0 aliphatic carbocycles. The maximum Gasteiger partial charge on any atom is 0.283 e. The Morgan fingerprint density at radius 1 is 0.852 bits per heavy atom. The first-order chi connectivity index (χ1) is 12.9. The number of unbranched alkanes of at least 4 members (excludes halogenated alkanes) is 2. The van der Waals surface area contributed by atoms with Gasteiger partial charge < -0.3 is 25.8 Å². The number of carbonyl (C=O) groups is 2. The van der Waals surface area contributed by atoms with Gasteiger partial charge >= 0.3 is 0 Å². The third-order valence-corrected chi connectivity index (χ3v) is 3.73. The molecule has 0 saturated heterocycles. The monoisotopic (exact) mass is 375 g/mol. The fourth-order valence-corrected chi connectivity index (χ4v) is 2.31. The van der Waals surface area contributed by atoms with Gasteiger partial charge in [0, 0.05) is 25.2 Å². The highest BCUT2D eigenvalue weighted by atomic mass is 16.5. The van der Waals surface area contributed by atoms with Crippen LogP contribution in [0.1, 0.15) is 40.2 Å². The van der Waals surface area contributed by atoms with Crippen molar-refractivity contribution >= 4 is 11.8 Å². The quantitative estimate of drug-likeness (QED) is 0.435. The molecular formula is C17H19N4O6-. The number of rotatable bonds is 8. The second-order valence-electron chi connectivity index (χ2n) is 5.68. The number of amides is 2. The van der Waals surface area contributed by atoms with E-state index in [1.165, 1.54) is 24.3 Å². The molecule has 0 bridgehead atoms. The zero-order chi connectivity index (χ0) is 19.8. The molecule has 2 aromatic rings. The molecule has 0 fully saturated rings. The molecule has 0 spiro atoms. The van der Waals surface area contributed by atoms with Crippen molar-refractivity contribution in [2.45, 2.75) is 19.3 Å². The van der Waals surface area contributed by atoms with Gasteiger partial charge in [-0.25, -0.2) is 0 Å². The van der Waals surface area contributed by atoms with Crippen molar-refractivity contribution in [3.8, 4) is 0 Å². The van der Waals surface area contributed by atoms with Crippen molar-refractivity contribution in [3.63, 3.8) is 0 Å². The third kappa shape index (κ3) is 5.21. The molecular weight excluding hydrogens is 356 g/mol. The Morgan fingerprint density at radius 3 is 2.00 bits per heavy atom. The predicted molar refractivity (Wildman–Crippen MR) is 95.9 cm³/mol. The summed E-state index contributed by atoms with van der Waals surface area (Å²) in [6, 6.07) is 7.51. The summed E-state index contributed by atoms with van der Waals surface area (Å²) in [6.45, 7) is 0.638. The van der Waals surface area contributed by atoms with Crippen molar-refractivity contribution in [2.24, 2.45) is 0 Å². The Balaban J connectivity index is 1.66. The van der Waals surface area contributed by atoms with E-state index in [0.29, 0.717) is 32.4 Å². The minimum Gasteiger partial charge on any atom is -0.803 e. The van der Waals surface area contributed by atoms with Gasteiger partial charge in [0.1, 0.15) is 11.4 Å². The van der Waals surface area contributed by atoms with E-state index in [4.69, 9.17) is 0 Å². The summed E-state index contributed by atoms with van der Waals surface area (Å²) in [7, 11) is 0. The summed E-state index contributed by atoms with van der Waals surface area (Å²) in [5.41, 5.74) is -1.90. The molecule has 144 valence electrons. The van der Waals surface area contributed by atoms with E-state index < -0.39 is 22.9 Å². The van der Waals surface area contributed by atoms with Gasteiger partial charge in [0.15, 0.2) is 0 Å². The average Bonchev–Trinajstić information content (AvgIpc) is 2.65.